The van der Waals surface area contributed by atoms with Crippen LogP contribution in [0.1, 0.15) is 15.9 Å². The molecule has 0 heterocycles. The number of nitrogens with zero attached hydrogens (tertiary/aromatic N) is 3. The van der Waals surface area contributed by atoms with E-state index in [2.05, 4.69) is 21.9 Å². The summed E-state index contributed by atoms with van der Waals surface area (Å²) in [5, 5.41) is 3.14. The lowest BCUT2D eigenvalue weighted by Crippen LogP contribution is -2.22. The predicted molar refractivity (Wildman–Crippen MR) is 57.7 cm³/mol. The van der Waals surface area contributed by atoms with Crippen molar-refractivity contribution in [1.82, 2.24) is 0 Å². The van der Waals surface area contributed by atoms with Crippen molar-refractivity contribution >= 4 is 5.78 Å². The quantitative estimate of drug-likeness (QED) is 0.262. The molecule has 0 aliphatic carbocycles. The van der Waals surface area contributed by atoms with Gasteiger partial charge < -0.3 is 0 Å². The lowest BCUT2D eigenvalue weighted by atomic mass is 10.1. The highest BCUT2D eigenvalue weighted by molar-refractivity contribution is 6.00. The Morgan fingerprint density at radius 2 is 2.17 bits per heavy atom. The van der Waals surface area contributed by atoms with Crippen LogP contribution >= 0.6 is 0 Å². The third-order valence-corrected chi connectivity index (χ3v) is 1.83. The summed E-state index contributed by atoms with van der Waals surface area (Å²) in [7, 11) is 0. The van der Waals surface area contributed by atoms with E-state index in [1.54, 1.807) is 0 Å². The first-order valence-corrected chi connectivity index (χ1v) is 4.66. The van der Waals surface area contributed by atoms with Gasteiger partial charge in [-0.25, -0.2) is 0 Å². The molecule has 1 rings (SSSR count). The average Bonchev–Trinajstić information content (AvgIpc) is 2.33. The van der Waals surface area contributed by atoms with Crippen molar-refractivity contribution in [3.8, 4) is 11.8 Å². The molecule has 0 amide bonds. The SMILES string of the molecule is [N-]=[N+]=NCC#Cc1cccc(C(=O)C(F)(F)F)c1. The molecule has 0 aliphatic rings. The van der Waals surface area contributed by atoms with Crippen LogP contribution in [0.4, 0.5) is 13.2 Å². The van der Waals surface area contributed by atoms with E-state index in [4.69, 9.17) is 5.53 Å². The number of hydrogen-bond donors (Lipinski definition) is 0. The molecule has 0 radical (unpaired) electrons. The number of rotatable bonds is 2. The summed E-state index contributed by atoms with van der Waals surface area (Å²) >= 11 is 0. The number of ketones is 1. The number of azide groups is 1. The van der Waals surface area contributed by atoms with Gasteiger partial charge in [-0.3, -0.25) is 4.79 Å². The molecule has 0 fully saturated rings. The molecule has 4 nitrogen and oxygen atoms in total. The largest absolute Gasteiger partial charge is 0.454 e. The molecule has 0 saturated carbocycles. The van der Waals surface area contributed by atoms with Crippen LogP contribution in [0.5, 0.6) is 0 Å². The molecule has 0 spiro atoms. The third kappa shape index (κ3) is 3.85. The maximum Gasteiger partial charge on any atom is 0.454 e. The summed E-state index contributed by atoms with van der Waals surface area (Å²) in [6, 6.07) is 4.86. The first-order valence-electron chi connectivity index (χ1n) is 4.66. The topological polar surface area (TPSA) is 65.8 Å². The van der Waals surface area contributed by atoms with E-state index in [0.717, 1.165) is 12.1 Å². The zero-order valence-electron chi connectivity index (χ0n) is 8.90. The molecule has 0 bridgehead atoms. The number of hydrogen-bond acceptors (Lipinski definition) is 2. The van der Waals surface area contributed by atoms with Crippen molar-refractivity contribution in [3.05, 3.63) is 45.8 Å². The molecular weight excluding hydrogens is 247 g/mol. The van der Waals surface area contributed by atoms with Crippen LogP contribution in [0.3, 0.4) is 0 Å². The molecule has 0 atom stereocenters. The van der Waals surface area contributed by atoms with Crippen LogP contribution in [0, 0.1) is 11.8 Å². The van der Waals surface area contributed by atoms with E-state index in [-0.39, 0.29) is 12.1 Å². The fourth-order valence-electron chi connectivity index (χ4n) is 1.11. The van der Waals surface area contributed by atoms with Gasteiger partial charge in [-0.05, 0) is 17.7 Å². The summed E-state index contributed by atoms with van der Waals surface area (Å²) < 4.78 is 36.5. The Hall–Kier alpha value is -2.45. The molecule has 0 unspecified atom stereocenters. The van der Waals surface area contributed by atoms with Crippen LogP contribution < -0.4 is 0 Å². The standard InChI is InChI=1S/C11H6F3N3O/c12-11(13,14)10(18)9-5-1-3-8(7-9)4-2-6-16-17-15/h1,3,5,7H,6H2. The Morgan fingerprint density at radius 3 is 2.78 bits per heavy atom. The van der Waals surface area contributed by atoms with E-state index in [0.29, 0.717) is 0 Å². The maximum atomic E-state index is 12.2. The van der Waals surface area contributed by atoms with Gasteiger partial charge in [0.1, 0.15) is 0 Å². The molecule has 0 aromatic heterocycles. The highest BCUT2D eigenvalue weighted by atomic mass is 19.4. The van der Waals surface area contributed by atoms with Gasteiger partial charge in [-0.15, -0.1) is 0 Å². The van der Waals surface area contributed by atoms with E-state index in [1.807, 2.05) is 0 Å². The monoisotopic (exact) mass is 253 g/mol. The Bertz CT molecular complexity index is 563. The number of carbonyl (C=O) groups excluding carboxylic acids is 1. The van der Waals surface area contributed by atoms with E-state index in [1.165, 1.54) is 12.1 Å². The summed E-state index contributed by atoms with van der Waals surface area (Å²) in [4.78, 5) is 13.4. The molecule has 0 N–H and O–H groups in total. The number of halogens is 3. The Balaban J connectivity index is 2.95. The number of Topliss-reactive ketones (excluding diaryl/α,β-unsaturated/α-hetero) is 1. The van der Waals surface area contributed by atoms with Crippen molar-refractivity contribution < 1.29 is 18.0 Å². The van der Waals surface area contributed by atoms with Crippen molar-refractivity contribution in [1.29, 1.82) is 0 Å². The average molecular weight is 253 g/mol. The smallest absolute Gasteiger partial charge is 0.284 e. The van der Waals surface area contributed by atoms with Crippen LogP contribution in [-0.2, 0) is 0 Å². The molecule has 1 aromatic carbocycles. The van der Waals surface area contributed by atoms with Crippen LogP contribution in [0.15, 0.2) is 29.4 Å². The zero-order chi connectivity index (χ0) is 13.6. The minimum absolute atomic E-state index is 0.0893. The molecule has 7 heteroatoms. The summed E-state index contributed by atoms with van der Waals surface area (Å²) in [6.07, 6.45) is -4.91. The minimum Gasteiger partial charge on any atom is -0.284 e. The molecule has 18 heavy (non-hydrogen) atoms. The van der Waals surface area contributed by atoms with Gasteiger partial charge in [-0.1, -0.05) is 29.1 Å². The second-order valence-corrected chi connectivity index (χ2v) is 3.10. The Kier molecular flexibility index (Phi) is 4.35. The van der Waals surface area contributed by atoms with Gasteiger partial charge in [0.25, 0.3) is 5.78 Å². The Labute approximate surface area is 100 Å². The van der Waals surface area contributed by atoms with Gasteiger partial charge in [0.05, 0.1) is 6.54 Å². The maximum absolute atomic E-state index is 12.2. The fourth-order valence-corrected chi connectivity index (χ4v) is 1.11. The summed E-state index contributed by atoms with van der Waals surface area (Å²) in [5.41, 5.74) is 7.77. The van der Waals surface area contributed by atoms with Gasteiger partial charge in [-0.2, -0.15) is 13.2 Å². The van der Waals surface area contributed by atoms with E-state index >= 15 is 0 Å². The van der Waals surface area contributed by atoms with Crippen molar-refractivity contribution in [2.45, 2.75) is 6.18 Å². The zero-order valence-corrected chi connectivity index (χ0v) is 8.90. The summed E-state index contributed by atoms with van der Waals surface area (Å²) in [6.45, 7) is -0.0893. The van der Waals surface area contributed by atoms with Gasteiger partial charge in [0.2, 0.25) is 0 Å². The van der Waals surface area contributed by atoms with Crippen molar-refractivity contribution in [2.24, 2.45) is 5.11 Å². The first-order chi connectivity index (χ1) is 8.45. The van der Waals surface area contributed by atoms with Gasteiger partial charge in [0.15, 0.2) is 0 Å². The van der Waals surface area contributed by atoms with Gasteiger partial charge >= 0.3 is 6.18 Å². The normalized spacial score (nSPS) is 9.94. The second-order valence-electron chi connectivity index (χ2n) is 3.10. The van der Waals surface area contributed by atoms with Crippen molar-refractivity contribution in [2.75, 3.05) is 6.54 Å². The predicted octanol–water partition coefficient (Wildman–Crippen LogP) is 3.09. The minimum atomic E-state index is -4.91. The van der Waals surface area contributed by atoms with Crippen LogP contribution in [0.2, 0.25) is 0 Å². The van der Waals surface area contributed by atoms with E-state index in [9.17, 15) is 18.0 Å². The van der Waals surface area contributed by atoms with Gasteiger partial charge in [0, 0.05) is 16.0 Å². The third-order valence-electron chi connectivity index (χ3n) is 1.83. The lowest BCUT2D eigenvalue weighted by Gasteiger charge is -2.04. The number of alkyl halides is 3. The second kappa shape index (κ2) is 5.75. The molecule has 1 aromatic rings. The molecular formula is C11H6F3N3O. The molecule has 92 valence electrons. The number of carbonyl (C=O) groups is 1. The highest BCUT2D eigenvalue weighted by Gasteiger charge is 2.39. The fraction of sp³-hybridized carbons (Fsp3) is 0.182. The lowest BCUT2D eigenvalue weighted by molar-refractivity contribution is -0.0885. The van der Waals surface area contributed by atoms with Crippen molar-refractivity contribution in [3.63, 3.8) is 0 Å². The van der Waals surface area contributed by atoms with Crippen LogP contribution in [0.25, 0.3) is 10.4 Å². The Morgan fingerprint density at radius 1 is 1.44 bits per heavy atom. The van der Waals surface area contributed by atoms with Crippen LogP contribution in [-0.4, -0.2) is 18.5 Å². The molecule has 0 aliphatic heterocycles. The number of benzene rings is 1. The summed E-state index contributed by atoms with van der Waals surface area (Å²) in [5.74, 6) is 3.02. The highest BCUT2D eigenvalue weighted by Crippen LogP contribution is 2.21. The first kappa shape index (κ1) is 13.6. The molecule has 0 saturated heterocycles. The van der Waals surface area contributed by atoms with E-state index < -0.39 is 17.5 Å².